The Morgan fingerprint density at radius 3 is 2.16 bits per heavy atom. The molecule has 1 N–H and O–H groups in total. The summed E-state index contributed by atoms with van der Waals surface area (Å²) >= 11 is 0. The molecule has 104 valence electrons. The second kappa shape index (κ2) is 5.06. The van der Waals surface area contributed by atoms with Crippen LogP contribution in [0.1, 0.15) is 46.1 Å². The Hall–Kier alpha value is -1.19. The van der Waals surface area contributed by atoms with Crippen LogP contribution in [0.3, 0.4) is 0 Å². The summed E-state index contributed by atoms with van der Waals surface area (Å²) in [7, 11) is 0. The highest BCUT2D eigenvalue weighted by Gasteiger charge is 2.44. The third kappa shape index (κ3) is 3.23. The fraction of sp³-hybridized carbons (Fsp3) is 0.562. The molecule has 1 heterocycles. The van der Waals surface area contributed by atoms with Gasteiger partial charge in [-0.3, -0.25) is 4.99 Å². The maximum absolute atomic E-state index is 10.2. The normalized spacial score (nSPS) is 23.8. The predicted molar refractivity (Wildman–Crippen MR) is 78.8 cm³/mol. The van der Waals surface area contributed by atoms with Gasteiger partial charge in [-0.25, -0.2) is 0 Å². The van der Waals surface area contributed by atoms with Crippen LogP contribution in [-0.2, 0) is 0 Å². The quantitative estimate of drug-likeness (QED) is 0.826. The van der Waals surface area contributed by atoms with E-state index in [0.29, 0.717) is 0 Å². The Morgan fingerprint density at radius 2 is 1.63 bits per heavy atom. The summed E-state index contributed by atoms with van der Waals surface area (Å²) in [4.78, 5) is 4.72. The van der Waals surface area contributed by atoms with E-state index in [9.17, 15) is 5.21 Å². The van der Waals surface area contributed by atoms with Crippen LogP contribution in [0.15, 0.2) is 35.3 Å². The Labute approximate surface area is 115 Å². The van der Waals surface area contributed by atoms with Gasteiger partial charge >= 0.3 is 0 Å². The zero-order valence-corrected chi connectivity index (χ0v) is 12.3. The maximum Gasteiger partial charge on any atom is 0.0536 e. The van der Waals surface area contributed by atoms with E-state index in [2.05, 4.69) is 39.8 Å². The largest absolute Gasteiger partial charge is 0.313 e. The van der Waals surface area contributed by atoms with Crippen molar-refractivity contribution in [3.05, 3.63) is 35.9 Å². The van der Waals surface area contributed by atoms with Gasteiger partial charge in [0.05, 0.1) is 6.04 Å². The number of benzene rings is 1. The van der Waals surface area contributed by atoms with Crippen molar-refractivity contribution in [1.82, 2.24) is 5.06 Å². The molecule has 3 heteroatoms. The fourth-order valence-electron chi connectivity index (χ4n) is 3.05. The lowest BCUT2D eigenvalue weighted by atomic mass is 9.79. The molecule has 0 aliphatic carbocycles. The minimum atomic E-state index is -0.236. The molecule has 0 bridgehead atoms. The van der Waals surface area contributed by atoms with Gasteiger partial charge in [-0.1, -0.05) is 30.3 Å². The minimum Gasteiger partial charge on any atom is -0.313 e. The molecule has 1 aromatic carbocycles. The molecule has 2 rings (SSSR count). The lowest BCUT2D eigenvalue weighted by Gasteiger charge is -2.50. The highest BCUT2D eigenvalue weighted by molar-refractivity contribution is 5.79. The third-order valence-electron chi connectivity index (χ3n) is 3.85. The van der Waals surface area contributed by atoms with Crippen molar-refractivity contribution in [3.8, 4) is 0 Å². The molecule has 0 radical (unpaired) electrons. The summed E-state index contributed by atoms with van der Waals surface area (Å²) in [6, 6.07) is 10.4. The molecule has 0 aromatic heterocycles. The molecule has 19 heavy (non-hydrogen) atoms. The van der Waals surface area contributed by atoms with Gasteiger partial charge in [0, 0.05) is 17.3 Å². The van der Waals surface area contributed by atoms with Crippen molar-refractivity contribution in [2.75, 3.05) is 0 Å². The molecule has 1 aliphatic rings. The van der Waals surface area contributed by atoms with Gasteiger partial charge < -0.3 is 5.21 Å². The van der Waals surface area contributed by atoms with Gasteiger partial charge in [-0.05, 0) is 46.1 Å². The summed E-state index contributed by atoms with van der Waals surface area (Å²) in [5.74, 6) is 0. The number of nitrogens with zero attached hydrogens (tertiary/aromatic N) is 2. The first-order chi connectivity index (χ1) is 8.81. The van der Waals surface area contributed by atoms with E-state index in [1.165, 1.54) is 5.06 Å². The molecule has 1 aliphatic heterocycles. The van der Waals surface area contributed by atoms with Crippen LogP contribution in [0.25, 0.3) is 0 Å². The van der Waals surface area contributed by atoms with E-state index in [-0.39, 0.29) is 17.1 Å². The third-order valence-corrected chi connectivity index (χ3v) is 3.85. The summed E-state index contributed by atoms with van der Waals surface area (Å²) < 4.78 is 0. The molecule has 0 atom stereocenters. The van der Waals surface area contributed by atoms with E-state index in [1.54, 1.807) is 0 Å². The van der Waals surface area contributed by atoms with Crippen LogP contribution in [0, 0.1) is 0 Å². The summed E-state index contributed by atoms with van der Waals surface area (Å²) in [5.41, 5.74) is 0.658. The molecule has 0 unspecified atom stereocenters. The van der Waals surface area contributed by atoms with E-state index < -0.39 is 0 Å². The smallest absolute Gasteiger partial charge is 0.0536 e. The molecule has 0 saturated carbocycles. The van der Waals surface area contributed by atoms with E-state index >= 15 is 0 Å². The number of hydrogen-bond acceptors (Lipinski definition) is 3. The van der Waals surface area contributed by atoms with Crippen molar-refractivity contribution >= 4 is 6.21 Å². The SMILES string of the molecule is CC1(C)CC(N=Cc2ccccc2)CC(C)(C)N1O. The molecule has 0 spiro atoms. The molecule has 1 aromatic rings. The highest BCUT2D eigenvalue weighted by atomic mass is 16.5. The molecular weight excluding hydrogens is 236 g/mol. The van der Waals surface area contributed by atoms with Gasteiger partial charge in [0.15, 0.2) is 0 Å². The van der Waals surface area contributed by atoms with Crippen LogP contribution in [-0.4, -0.2) is 33.6 Å². The van der Waals surface area contributed by atoms with Crippen molar-refractivity contribution < 1.29 is 5.21 Å². The lowest BCUT2D eigenvalue weighted by molar-refractivity contribution is -0.244. The number of rotatable bonds is 2. The van der Waals surface area contributed by atoms with Gasteiger partial charge in [-0.15, -0.1) is 0 Å². The average molecular weight is 260 g/mol. The van der Waals surface area contributed by atoms with Gasteiger partial charge in [-0.2, -0.15) is 5.06 Å². The van der Waals surface area contributed by atoms with Crippen LogP contribution in [0.5, 0.6) is 0 Å². The topological polar surface area (TPSA) is 35.8 Å². The van der Waals surface area contributed by atoms with Gasteiger partial charge in [0.1, 0.15) is 0 Å². The van der Waals surface area contributed by atoms with E-state index in [0.717, 1.165) is 18.4 Å². The second-order valence-electron chi connectivity index (χ2n) is 6.69. The first-order valence-corrected chi connectivity index (χ1v) is 6.89. The Balaban J connectivity index is 2.12. The Morgan fingerprint density at radius 1 is 1.11 bits per heavy atom. The van der Waals surface area contributed by atoms with Crippen LogP contribution >= 0.6 is 0 Å². The Kier molecular flexibility index (Phi) is 3.79. The van der Waals surface area contributed by atoms with Crippen LogP contribution in [0.2, 0.25) is 0 Å². The minimum absolute atomic E-state index is 0.236. The zero-order chi connectivity index (χ0) is 14.1. The monoisotopic (exact) mass is 260 g/mol. The van der Waals surface area contributed by atoms with Crippen LogP contribution < -0.4 is 0 Å². The van der Waals surface area contributed by atoms with Gasteiger partial charge in [0.25, 0.3) is 0 Å². The molecule has 3 nitrogen and oxygen atoms in total. The van der Waals surface area contributed by atoms with Crippen molar-refractivity contribution in [2.24, 2.45) is 4.99 Å². The van der Waals surface area contributed by atoms with Gasteiger partial charge in [0.2, 0.25) is 0 Å². The first-order valence-electron chi connectivity index (χ1n) is 6.89. The molecule has 1 saturated heterocycles. The zero-order valence-electron chi connectivity index (χ0n) is 12.3. The van der Waals surface area contributed by atoms with E-state index in [1.807, 2.05) is 24.4 Å². The van der Waals surface area contributed by atoms with Crippen molar-refractivity contribution in [3.63, 3.8) is 0 Å². The maximum atomic E-state index is 10.2. The van der Waals surface area contributed by atoms with Crippen molar-refractivity contribution in [1.29, 1.82) is 0 Å². The number of aliphatic imine (C=N–C) groups is 1. The summed E-state index contributed by atoms with van der Waals surface area (Å²) in [6.07, 6.45) is 3.69. The predicted octanol–water partition coefficient (Wildman–Crippen LogP) is 3.52. The standard InChI is InChI=1S/C16H24N2O/c1-15(2)10-14(11-16(3,4)18(15)19)17-12-13-8-6-5-7-9-13/h5-9,12,14,19H,10-11H2,1-4H3. The second-order valence-corrected chi connectivity index (χ2v) is 6.69. The first kappa shape index (κ1) is 14.2. The highest BCUT2D eigenvalue weighted by Crippen LogP contribution is 2.37. The summed E-state index contributed by atoms with van der Waals surface area (Å²) in [6.45, 7) is 8.27. The van der Waals surface area contributed by atoms with E-state index in [4.69, 9.17) is 4.99 Å². The number of piperidine rings is 1. The van der Waals surface area contributed by atoms with Crippen LogP contribution in [0.4, 0.5) is 0 Å². The average Bonchev–Trinajstić information content (AvgIpc) is 2.34. The lowest BCUT2D eigenvalue weighted by Crippen LogP contribution is -2.59. The molecule has 0 amide bonds. The number of hydroxylamine groups is 2. The molecular formula is C16H24N2O. The van der Waals surface area contributed by atoms with Crippen molar-refractivity contribution in [2.45, 2.75) is 57.7 Å². The number of hydrogen-bond donors (Lipinski definition) is 1. The Bertz CT molecular complexity index is 433. The molecule has 1 fully saturated rings. The fourth-order valence-corrected chi connectivity index (χ4v) is 3.05. The summed E-state index contributed by atoms with van der Waals surface area (Å²) in [5, 5.41) is 11.7.